The molecule has 1 aromatic heterocycles. The first kappa shape index (κ1) is 23.3. The van der Waals surface area contributed by atoms with Crippen LogP contribution in [0.4, 0.5) is 0 Å². The molecule has 1 amide bonds. The van der Waals surface area contributed by atoms with Gasteiger partial charge < -0.3 is 0 Å². The molecule has 0 atom stereocenters. The van der Waals surface area contributed by atoms with Crippen LogP contribution >= 0.6 is 39.3 Å². The first-order chi connectivity index (χ1) is 16.3. The first-order valence-corrected chi connectivity index (χ1v) is 14.0. The van der Waals surface area contributed by atoms with Crippen LogP contribution in [0.15, 0.2) is 75.4 Å². The van der Waals surface area contributed by atoms with Crippen molar-refractivity contribution >= 4 is 66.0 Å². The number of aromatic nitrogens is 3. The van der Waals surface area contributed by atoms with E-state index in [1.54, 1.807) is 0 Å². The van der Waals surface area contributed by atoms with Crippen molar-refractivity contribution in [3.05, 3.63) is 76.0 Å². The third kappa shape index (κ3) is 4.72. The largest absolute Gasteiger partial charge is 0.273 e. The number of carbonyl (C=O) groups excluding carboxylic acids is 1. The summed E-state index contributed by atoms with van der Waals surface area (Å²) < 4.78 is 29.3. The number of hydrogen-bond acceptors (Lipinski definition) is 6. The molecule has 1 saturated carbocycles. The Balaban J connectivity index is 1.38. The second-order valence-electron chi connectivity index (χ2n) is 7.85. The molecular weight excluding hydrogens is 560 g/mol. The minimum atomic E-state index is -4.00. The van der Waals surface area contributed by atoms with E-state index in [2.05, 4.69) is 49.0 Å². The lowest BCUT2D eigenvalue weighted by molar-refractivity contribution is -0.116. The monoisotopic (exact) mass is 576 g/mol. The number of hydrogen-bond donors (Lipinski definition) is 1. The summed E-state index contributed by atoms with van der Waals surface area (Å²) in [5, 5.41) is 11.4. The Morgan fingerprint density at radius 3 is 2.47 bits per heavy atom. The molecule has 174 valence electrons. The van der Waals surface area contributed by atoms with Crippen molar-refractivity contribution in [2.75, 3.05) is 5.75 Å². The van der Waals surface area contributed by atoms with Crippen LogP contribution in [0.25, 0.3) is 16.5 Å². The van der Waals surface area contributed by atoms with Gasteiger partial charge in [-0.3, -0.25) is 9.36 Å². The van der Waals surface area contributed by atoms with Crippen molar-refractivity contribution in [3.63, 3.8) is 0 Å². The molecular formula is C23H18BrClN4O3S2. The zero-order valence-electron chi connectivity index (χ0n) is 17.6. The Morgan fingerprint density at radius 2 is 1.76 bits per heavy atom. The number of halogens is 2. The van der Waals surface area contributed by atoms with E-state index in [0.29, 0.717) is 20.8 Å². The molecule has 5 rings (SSSR count). The van der Waals surface area contributed by atoms with E-state index >= 15 is 0 Å². The quantitative estimate of drug-likeness (QED) is 0.299. The number of rotatable bonds is 7. The van der Waals surface area contributed by atoms with Crippen LogP contribution in [0.2, 0.25) is 5.02 Å². The number of fused-ring (bicyclic) bond motifs is 1. The number of sulfonamides is 1. The van der Waals surface area contributed by atoms with Gasteiger partial charge in [0.15, 0.2) is 5.16 Å². The van der Waals surface area contributed by atoms with Crippen LogP contribution in [0.1, 0.15) is 24.3 Å². The van der Waals surface area contributed by atoms with Gasteiger partial charge >= 0.3 is 0 Å². The van der Waals surface area contributed by atoms with Gasteiger partial charge in [-0.25, -0.2) is 13.1 Å². The number of thioether (sulfide) groups is 1. The highest BCUT2D eigenvalue weighted by Crippen LogP contribution is 2.44. The highest BCUT2D eigenvalue weighted by Gasteiger charge is 2.26. The predicted molar refractivity (Wildman–Crippen MR) is 136 cm³/mol. The standard InChI is InChI=1S/C23H18BrClN4O3S2/c24-22-26-27-23(33-13-21(30)28-34(31,32)16-9-7-15(25)8-10-16)29(22)20-12-11-17(14-5-6-14)18-3-1-2-4-19(18)20/h1-4,7-12,14H,5-6,13H2,(H,28,30). The molecule has 34 heavy (non-hydrogen) atoms. The molecule has 1 aliphatic carbocycles. The summed E-state index contributed by atoms with van der Waals surface area (Å²) in [6.07, 6.45) is 2.41. The Hall–Kier alpha value is -2.40. The summed E-state index contributed by atoms with van der Waals surface area (Å²) in [5.41, 5.74) is 2.22. The van der Waals surface area contributed by atoms with Crippen LogP contribution in [0.5, 0.6) is 0 Å². The summed E-state index contributed by atoms with van der Waals surface area (Å²) in [6.45, 7) is 0. The van der Waals surface area contributed by atoms with Crippen LogP contribution in [-0.4, -0.2) is 34.8 Å². The Kier molecular flexibility index (Phi) is 6.41. The summed E-state index contributed by atoms with van der Waals surface area (Å²) in [7, 11) is -4.00. The second-order valence-corrected chi connectivity index (χ2v) is 11.6. The average Bonchev–Trinajstić information content (AvgIpc) is 3.59. The zero-order chi connectivity index (χ0) is 23.9. The Labute approximate surface area is 214 Å². The van der Waals surface area contributed by atoms with E-state index in [9.17, 15) is 13.2 Å². The van der Waals surface area contributed by atoms with E-state index in [1.165, 1.54) is 48.1 Å². The molecule has 0 aliphatic heterocycles. The van der Waals surface area contributed by atoms with Crippen molar-refractivity contribution in [1.82, 2.24) is 19.5 Å². The fourth-order valence-corrected chi connectivity index (χ4v) is 6.28. The van der Waals surface area contributed by atoms with Crippen molar-refractivity contribution in [2.24, 2.45) is 0 Å². The van der Waals surface area contributed by atoms with Crippen molar-refractivity contribution in [3.8, 4) is 5.69 Å². The summed E-state index contributed by atoms with van der Waals surface area (Å²) >= 11 is 10.4. The lowest BCUT2D eigenvalue weighted by Crippen LogP contribution is -2.32. The molecule has 1 N–H and O–H groups in total. The van der Waals surface area contributed by atoms with E-state index in [-0.39, 0.29) is 10.6 Å². The van der Waals surface area contributed by atoms with Gasteiger partial charge in [-0.05, 0) is 76.0 Å². The molecule has 0 radical (unpaired) electrons. The van der Waals surface area contributed by atoms with E-state index < -0.39 is 15.9 Å². The van der Waals surface area contributed by atoms with Gasteiger partial charge in [0, 0.05) is 10.4 Å². The highest BCUT2D eigenvalue weighted by atomic mass is 79.9. The van der Waals surface area contributed by atoms with E-state index in [0.717, 1.165) is 22.8 Å². The van der Waals surface area contributed by atoms with Crippen molar-refractivity contribution < 1.29 is 13.2 Å². The maximum absolute atomic E-state index is 12.5. The van der Waals surface area contributed by atoms with E-state index in [1.807, 2.05) is 22.8 Å². The van der Waals surface area contributed by atoms with Gasteiger partial charge in [0.1, 0.15) is 0 Å². The Morgan fingerprint density at radius 1 is 1.06 bits per heavy atom. The second kappa shape index (κ2) is 9.33. The lowest BCUT2D eigenvalue weighted by atomic mass is 9.99. The number of nitrogens with zero attached hydrogens (tertiary/aromatic N) is 3. The molecule has 11 heteroatoms. The van der Waals surface area contributed by atoms with Crippen LogP contribution in [0, 0.1) is 0 Å². The fraction of sp³-hybridized carbons (Fsp3) is 0.174. The minimum absolute atomic E-state index is 0.0385. The van der Waals surface area contributed by atoms with Crippen LogP contribution in [-0.2, 0) is 14.8 Å². The average molecular weight is 578 g/mol. The third-order valence-corrected chi connectivity index (χ3v) is 8.57. The molecule has 0 spiro atoms. The SMILES string of the molecule is O=C(CSc1nnc(Br)n1-c1ccc(C2CC2)c2ccccc12)NS(=O)(=O)c1ccc(Cl)cc1. The van der Waals surface area contributed by atoms with Crippen molar-refractivity contribution in [2.45, 2.75) is 28.8 Å². The topological polar surface area (TPSA) is 93.9 Å². The molecule has 1 fully saturated rings. The normalized spacial score (nSPS) is 13.8. The highest BCUT2D eigenvalue weighted by molar-refractivity contribution is 9.10. The van der Waals surface area contributed by atoms with Gasteiger partial charge in [0.25, 0.3) is 10.0 Å². The maximum Gasteiger partial charge on any atom is 0.264 e. The summed E-state index contributed by atoms with van der Waals surface area (Å²) in [4.78, 5) is 12.4. The van der Waals surface area contributed by atoms with Crippen LogP contribution in [0.3, 0.4) is 0 Å². The van der Waals surface area contributed by atoms with Crippen LogP contribution < -0.4 is 4.72 Å². The van der Waals surface area contributed by atoms with Gasteiger partial charge in [-0.15, -0.1) is 10.2 Å². The first-order valence-electron chi connectivity index (χ1n) is 10.4. The van der Waals surface area contributed by atoms with Gasteiger partial charge in [-0.1, -0.05) is 53.7 Å². The minimum Gasteiger partial charge on any atom is -0.273 e. The summed E-state index contributed by atoms with van der Waals surface area (Å²) in [6, 6.07) is 18.0. The number of nitrogens with one attached hydrogen (secondary N) is 1. The maximum atomic E-state index is 12.5. The molecule has 0 bridgehead atoms. The Bertz CT molecular complexity index is 1500. The predicted octanol–water partition coefficient (Wildman–Crippen LogP) is 5.31. The number of benzene rings is 3. The molecule has 0 unspecified atom stereocenters. The molecule has 4 aromatic rings. The van der Waals surface area contributed by atoms with E-state index in [4.69, 9.17) is 11.6 Å². The van der Waals surface area contributed by atoms with Crippen molar-refractivity contribution in [1.29, 1.82) is 0 Å². The molecule has 3 aromatic carbocycles. The van der Waals surface area contributed by atoms with Gasteiger partial charge in [0.2, 0.25) is 10.6 Å². The summed E-state index contributed by atoms with van der Waals surface area (Å²) in [5.74, 6) is -0.223. The molecule has 7 nitrogen and oxygen atoms in total. The molecule has 0 saturated heterocycles. The fourth-order valence-electron chi connectivity index (χ4n) is 3.78. The zero-order valence-corrected chi connectivity index (χ0v) is 21.6. The molecule has 1 heterocycles. The van der Waals surface area contributed by atoms with Gasteiger partial charge in [-0.2, -0.15) is 0 Å². The number of carbonyl (C=O) groups is 1. The smallest absolute Gasteiger partial charge is 0.264 e. The lowest BCUT2D eigenvalue weighted by Gasteiger charge is -2.14. The number of amides is 1. The van der Waals surface area contributed by atoms with Gasteiger partial charge in [0.05, 0.1) is 16.3 Å². The molecule has 1 aliphatic rings. The third-order valence-electron chi connectivity index (χ3n) is 5.49.